The molecule has 2 saturated carbocycles. The maximum atomic E-state index is 15.0. The minimum absolute atomic E-state index is 0.0291. The van der Waals surface area contributed by atoms with Crippen molar-refractivity contribution in [2.45, 2.75) is 31.8 Å². The smallest absolute Gasteiger partial charge is 0.404 e. The van der Waals surface area contributed by atoms with E-state index in [0.717, 1.165) is 12.8 Å². The fourth-order valence-electron chi connectivity index (χ4n) is 4.78. The number of piperidine rings is 1. The molecule has 2 aliphatic carbocycles. The number of anilines is 1. The number of aromatic nitrogens is 2. The van der Waals surface area contributed by atoms with Crippen LogP contribution < -0.4 is 27.3 Å². The Labute approximate surface area is 158 Å². The van der Waals surface area contributed by atoms with Crippen LogP contribution >= 0.6 is 0 Å². The predicted octanol–water partition coefficient (Wildman–Crippen LogP) is 0.362. The molecule has 3 fully saturated rings. The van der Waals surface area contributed by atoms with Crippen molar-refractivity contribution < 1.29 is 14.3 Å². The van der Waals surface area contributed by atoms with Crippen LogP contribution in [0.1, 0.15) is 24.4 Å². The third-order valence-corrected chi connectivity index (χ3v) is 6.28. The van der Waals surface area contributed by atoms with Gasteiger partial charge in [-0.3, -0.25) is 9.36 Å². The van der Waals surface area contributed by atoms with Crippen molar-refractivity contribution in [2.24, 2.45) is 11.8 Å². The van der Waals surface area contributed by atoms with Gasteiger partial charge < -0.3 is 21.2 Å². The van der Waals surface area contributed by atoms with Crippen molar-refractivity contribution in [3.05, 3.63) is 38.3 Å². The number of rotatable bonds is 3. The summed E-state index contributed by atoms with van der Waals surface area (Å²) >= 11 is 0. The minimum Gasteiger partial charge on any atom is -0.465 e. The van der Waals surface area contributed by atoms with Crippen LogP contribution in [0.3, 0.4) is 0 Å². The van der Waals surface area contributed by atoms with Crippen molar-refractivity contribution in [3.8, 4) is 0 Å². The summed E-state index contributed by atoms with van der Waals surface area (Å²) in [6.07, 6.45) is 0.580. The van der Waals surface area contributed by atoms with Gasteiger partial charge in [0.05, 0.1) is 16.6 Å². The summed E-state index contributed by atoms with van der Waals surface area (Å²) < 4.78 is 17.1. The number of nitrogens with two attached hydrogens (primary N) is 1. The van der Waals surface area contributed by atoms with Crippen LogP contribution in [0.25, 0.3) is 10.9 Å². The Morgan fingerprint density at radius 2 is 1.93 bits per heavy atom. The standard InChI is InChI=1S/C18H20FN5O4/c1-7-14-9(16(25)24(20)18(28)23(14)8-2-3-8)4-12(19)15(7)22-5-10-11(6-22)13(10)21-17(26)27/h4,8,10-11,13,21H,2-3,5-6,20H2,1H3,(H,26,27). The monoisotopic (exact) mass is 389 g/mol. The largest absolute Gasteiger partial charge is 0.465 e. The van der Waals surface area contributed by atoms with Gasteiger partial charge in [-0.05, 0) is 25.8 Å². The van der Waals surface area contributed by atoms with E-state index in [-0.39, 0.29) is 29.3 Å². The van der Waals surface area contributed by atoms with Gasteiger partial charge >= 0.3 is 11.8 Å². The Morgan fingerprint density at radius 3 is 2.50 bits per heavy atom. The number of nitrogens with one attached hydrogen (secondary N) is 1. The van der Waals surface area contributed by atoms with Crippen LogP contribution in [-0.4, -0.2) is 39.6 Å². The SMILES string of the molecule is Cc1c(N2CC3C(C2)C3NC(=O)O)c(F)cc2c(=O)n(N)c(=O)n(C3CC3)c12. The molecule has 4 N–H and O–H groups in total. The first-order valence-electron chi connectivity index (χ1n) is 9.29. The number of benzene rings is 1. The molecular weight excluding hydrogens is 369 g/mol. The highest BCUT2D eigenvalue weighted by atomic mass is 19.1. The summed E-state index contributed by atoms with van der Waals surface area (Å²) in [7, 11) is 0. The van der Waals surface area contributed by atoms with Crippen molar-refractivity contribution in [1.82, 2.24) is 14.6 Å². The number of fused-ring (bicyclic) bond motifs is 2. The Bertz CT molecular complexity index is 1140. The second-order valence-corrected chi connectivity index (χ2v) is 8.00. The number of hydrogen-bond acceptors (Lipinski definition) is 5. The van der Waals surface area contributed by atoms with Gasteiger partial charge in [0, 0.05) is 42.6 Å². The van der Waals surface area contributed by atoms with Gasteiger partial charge in [0.15, 0.2) is 0 Å². The second kappa shape index (κ2) is 5.49. The van der Waals surface area contributed by atoms with Crippen LogP contribution in [0.4, 0.5) is 14.9 Å². The fraction of sp³-hybridized carbons (Fsp3) is 0.500. The third kappa shape index (κ3) is 2.26. The van der Waals surface area contributed by atoms with Gasteiger partial charge in [-0.15, -0.1) is 0 Å². The van der Waals surface area contributed by atoms with Crippen molar-refractivity contribution in [2.75, 3.05) is 23.8 Å². The fourth-order valence-corrected chi connectivity index (χ4v) is 4.78. The van der Waals surface area contributed by atoms with Crippen LogP contribution in [-0.2, 0) is 0 Å². The highest BCUT2D eigenvalue weighted by Crippen LogP contribution is 2.48. The highest BCUT2D eigenvalue weighted by Gasteiger charge is 2.57. The van der Waals surface area contributed by atoms with E-state index in [1.807, 2.05) is 4.90 Å². The van der Waals surface area contributed by atoms with E-state index in [1.54, 1.807) is 6.92 Å². The van der Waals surface area contributed by atoms with E-state index in [2.05, 4.69) is 5.32 Å². The van der Waals surface area contributed by atoms with E-state index in [0.29, 0.717) is 34.5 Å². The molecule has 0 spiro atoms. The lowest BCUT2D eigenvalue weighted by Gasteiger charge is -2.26. The van der Waals surface area contributed by atoms with Crippen molar-refractivity contribution in [1.29, 1.82) is 0 Å². The lowest BCUT2D eigenvalue weighted by molar-refractivity contribution is 0.192. The Balaban J connectivity index is 1.61. The van der Waals surface area contributed by atoms with Gasteiger partial charge in [-0.1, -0.05) is 0 Å². The Hall–Kier alpha value is -3.04. The molecule has 2 atom stereocenters. The van der Waals surface area contributed by atoms with Gasteiger partial charge in [0.2, 0.25) is 0 Å². The quantitative estimate of drug-likeness (QED) is 0.652. The number of amides is 1. The summed E-state index contributed by atoms with van der Waals surface area (Å²) in [5, 5.41) is 11.5. The summed E-state index contributed by atoms with van der Waals surface area (Å²) in [6, 6.07) is 1.05. The predicted molar refractivity (Wildman–Crippen MR) is 99.7 cm³/mol. The summed E-state index contributed by atoms with van der Waals surface area (Å²) in [5.74, 6) is 5.39. The zero-order valence-corrected chi connectivity index (χ0v) is 15.2. The van der Waals surface area contributed by atoms with Crippen LogP contribution in [0.2, 0.25) is 0 Å². The molecule has 1 aromatic heterocycles. The number of carbonyl (C=O) groups is 1. The second-order valence-electron chi connectivity index (χ2n) is 8.00. The lowest BCUT2D eigenvalue weighted by atomic mass is 10.1. The molecule has 2 aromatic rings. The molecule has 28 heavy (non-hydrogen) atoms. The van der Waals surface area contributed by atoms with Gasteiger partial charge in [-0.25, -0.2) is 14.0 Å². The molecule has 9 nitrogen and oxygen atoms in total. The van der Waals surface area contributed by atoms with Crippen molar-refractivity contribution >= 4 is 22.7 Å². The molecule has 2 heterocycles. The zero-order chi connectivity index (χ0) is 19.9. The molecule has 148 valence electrons. The molecule has 10 heteroatoms. The van der Waals surface area contributed by atoms with Crippen LogP contribution in [0.15, 0.2) is 15.7 Å². The molecule has 1 aliphatic heterocycles. The maximum Gasteiger partial charge on any atom is 0.404 e. The third-order valence-electron chi connectivity index (χ3n) is 6.28. The Kier molecular flexibility index (Phi) is 3.35. The van der Waals surface area contributed by atoms with E-state index in [4.69, 9.17) is 10.9 Å². The molecule has 1 amide bonds. The average molecular weight is 389 g/mol. The first kappa shape index (κ1) is 17.1. The van der Waals surface area contributed by atoms with E-state index in [1.165, 1.54) is 10.6 Å². The molecule has 2 unspecified atom stereocenters. The van der Waals surface area contributed by atoms with E-state index >= 15 is 4.39 Å². The number of halogens is 1. The normalized spacial score (nSPS) is 25.8. The lowest BCUT2D eigenvalue weighted by Crippen LogP contribution is -2.45. The molecule has 5 rings (SSSR count). The van der Waals surface area contributed by atoms with E-state index in [9.17, 15) is 14.4 Å². The molecule has 1 aromatic carbocycles. The van der Waals surface area contributed by atoms with Crippen LogP contribution in [0.5, 0.6) is 0 Å². The zero-order valence-electron chi connectivity index (χ0n) is 15.2. The number of nitrogens with zero attached hydrogens (tertiary/aromatic N) is 3. The average Bonchev–Trinajstić information content (AvgIpc) is 3.52. The number of carboxylic acid groups (broad SMARTS) is 1. The summed E-state index contributed by atoms with van der Waals surface area (Å²) in [6.45, 7) is 2.78. The van der Waals surface area contributed by atoms with Gasteiger partial charge in [0.1, 0.15) is 5.82 Å². The number of aryl methyl sites for hydroxylation is 1. The number of hydrogen-bond donors (Lipinski definition) is 3. The highest BCUT2D eigenvalue weighted by molar-refractivity contribution is 5.87. The first-order chi connectivity index (χ1) is 13.3. The summed E-state index contributed by atoms with van der Waals surface area (Å²) in [5.41, 5.74) is 0.0602. The Morgan fingerprint density at radius 1 is 1.29 bits per heavy atom. The first-order valence-corrected chi connectivity index (χ1v) is 9.29. The van der Waals surface area contributed by atoms with Gasteiger partial charge in [0.25, 0.3) is 5.56 Å². The minimum atomic E-state index is -1.05. The topological polar surface area (TPSA) is 123 Å². The maximum absolute atomic E-state index is 15.0. The molecule has 1 saturated heterocycles. The number of nitrogen functional groups attached to an aromatic ring is 1. The molecule has 0 bridgehead atoms. The molecule has 0 radical (unpaired) electrons. The van der Waals surface area contributed by atoms with Crippen molar-refractivity contribution in [3.63, 3.8) is 0 Å². The summed E-state index contributed by atoms with van der Waals surface area (Å²) in [4.78, 5) is 37.8. The van der Waals surface area contributed by atoms with Crippen LogP contribution in [0, 0.1) is 24.6 Å². The molecule has 3 aliphatic rings. The van der Waals surface area contributed by atoms with E-state index < -0.39 is 23.2 Å². The molecular formula is C18H20FN5O4. The van der Waals surface area contributed by atoms with Gasteiger partial charge in [-0.2, -0.15) is 4.68 Å².